The summed E-state index contributed by atoms with van der Waals surface area (Å²) in [6, 6.07) is 1.41. The van der Waals surface area contributed by atoms with Gasteiger partial charge in [-0.3, -0.25) is 19.4 Å². The normalized spacial score (nSPS) is 17.9. The molecule has 0 aliphatic carbocycles. The number of carboxylic acid groups (broad SMARTS) is 1. The minimum atomic E-state index is -1.04. The van der Waals surface area contributed by atoms with Crippen LogP contribution in [0, 0.1) is 0 Å². The Kier molecular flexibility index (Phi) is 6.14. The minimum absolute atomic E-state index is 0.171. The zero-order valence-corrected chi connectivity index (χ0v) is 14.2. The number of hydrogen-bond donors (Lipinski definition) is 1. The Morgan fingerprint density at radius 1 is 1.38 bits per heavy atom. The number of carboxylic acids is 1. The number of halogens is 1. The third kappa shape index (κ3) is 4.44. The predicted molar refractivity (Wildman–Crippen MR) is 87.8 cm³/mol. The van der Waals surface area contributed by atoms with Crippen LogP contribution in [-0.2, 0) is 9.59 Å². The Labute approximate surface area is 145 Å². The SMILES string of the molecule is CC(=O)N(CC(=O)O)C1CCCN(C(=O)c2ccncc2Cl)CC1. The van der Waals surface area contributed by atoms with E-state index in [9.17, 15) is 14.4 Å². The van der Waals surface area contributed by atoms with Crippen molar-refractivity contribution < 1.29 is 19.5 Å². The second-order valence-electron chi connectivity index (χ2n) is 5.77. The molecule has 24 heavy (non-hydrogen) atoms. The van der Waals surface area contributed by atoms with Crippen LogP contribution in [0.25, 0.3) is 0 Å². The molecule has 0 aromatic carbocycles. The van der Waals surface area contributed by atoms with Crippen LogP contribution in [0.3, 0.4) is 0 Å². The van der Waals surface area contributed by atoms with Crippen LogP contribution in [-0.4, -0.2) is 63.4 Å². The van der Waals surface area contributed by atoms with Gasteiger partial charge in [0, 0.05) is 38.4 Å². The number of carbonyl (C=O) groups is 3. The minimum Gasteiger partial charge on any atom is -0.480 e. The average Bonchev–Trinajstić information content (AvgIpc) is 2.78. The van der Waals surface area contributed by atoms with E-state index in [0.29, 0.717) is 42.9 Å². The van der Waals surface area contributed by atoms with Gasteiger partial charge in [0.15, 0.2) is 0 Å². The van der Waals surface area contributed by atoms with E-state index in [0.717, 1.165) is 0 Å². The molecule has 1 aromatic heterocycles. The van der Waals surface area contributed by atoms with Gasteiger partial charge >= 0.3 is 5.97 Å². The fourth-order valence-electron chi connectivity index (χ4n) is 2.96. The number of pyridine rings is 1. The van der Waals surface area contributed by atoms with Crippen molar-refractivity contribution >= 4 is 29.4 Å². The zero-order valence-electron chi connectivity index (χ0n) is 13.4. The van der Waals surface area contributed by atoms with Gasteiger partial charge in [0.25, 0.3) is 5.91 Å². The smallest absolute Gasteiger partial charge is 0.323 e. The highest BCUT2D eigenvalue weighted by molar-refractivity contribution is 6.33. The molecule has 0 bridgehead atoms. The Hall–Kier alpha value is -2.15. The molecular formula is C16H20ClN3O4. The van der Waals surface area contributed by atoms with Gasteiger partial charge < -0.3 is 14.9 Å². The molecule has 1 N–H and O–H groups in total. The number of likely N-dealkylation sites (tertiary alicyclic amines) is 1. The van der Waals surface area contributed by atoms with E-state index in [4.69, 9.17) is 16.7 Å². The van der Waals surface area contributed by atoms with Gasteiger partial charge in [-0.1, -0.05) is 11.6 Å². The van der Waals surface area contributed by atoms with Crippen LogP contribution in [0.15, 0.2) is 18.5 Å². The lowest BCUT2D eigenvalue weighted by molar-refractivity contribution is -0.145. The summed E-state index contributed by atoms with van der Waals surface area (Å²) in [4.78, 5) is 42.2. The van der Waals surface area contributed by atoms with Gasteiger partial charge in [-0.05, 0) is 25.3 Å². The van der Waals surface area contributed by atoms with Crippen molar-refractivity contribution in [1.82, 2.24) is 14.8 Å². The maximum Gasteiger partial charge on any atom is 0.323 e. The highest BCUT2D eigenvalue weighted by atomic mass is 35.5. The van der Waals surface area contributed by atoms with Gasteiger partial charge in [0.05, 0.1) is 10.6 Å². The number of hydrogen-bond acceptors (Lipinski definition) is 4. The van der Waals surface area contributed by atoms with Crippen molar-refractivity contribution in [2.24, 2.45) is 0 Å². The number of amides is 2. The number of carbonyl (C=O) groups excluding carboxylic acids is 2. The summed E-state index contributed by atoms with van der Waals surface area (Å²) >= 11 is 6.03. The largest absolute Gasteiger partial charge is 0.480 e. The topological polar surface area (TPSA) is 90.8 Å². The monoisotopic (exact) mass is 353 g/mol. The highest BCUT2D eigenvalue weighted by Crippen LogP contribution is 2.21. The molecule has 2 heterocycles. The molecule has 2 rings (SSSR count). The molecule has 8 heteroatoms. The molecule has 0 spiro atoms. The average molecular weight is 354 g/mol. The molecule has 0 radical (unpaired) electrons. The molecule has 1 aliphatic rings. The summed E-state index contributed by atoms with van der Waals surface area (Å²) in [7, 11) is 0. The first kappa shape index (κ1) is 18.2. The standard InChI is InChI=1S/C16H20ClN3O4/c1-11(21)20(10-15(22)23)12-3-2-7-19(8-5-12)16(24)13-4-6-18-9-14(13)17/h4,6,9,12H,2-3,5,7-8,10H2,1H3,(H,22,23). The van der Waals surface area contributed by atoms with Gasteiger partial charge in [0.2, 0.25) is 5.91 Å². The van der Waals surface area contributed by atoms with E-state index in [-0.39, 0.29) is 24.4 Å². The van der Waals surface area contributed by atoms with E-state index in [1.54, 1.807) is 11.0 Å². The second-order valence-corrected chi connectivity index (χ2v) is 6.18. The Balaban J connectivity index is 2.07. The molecule has 130 valence electrons. The maximum absolute atomic E-state index is 12.6. The number of aromatic nitrogens is 1. The summed E-state index contributed by atoms with van der Waals surface area (Å²) in [6.45, 7) is 2.05. The molecule has 0 saturated carbocycles. The lowest BCUT2D eigenvalue weighted by Gasteiger charge is -2.28. The van der Waals surface area contributed by atoms with Gasteiger partial charge in [-0.2, -0.15) is 0 Å². The molecule has 1 aliphatic heterocycles. The third-order valence-electron chi connectivity index (χ3n) is 4.14. The third-order valence-corrected chi connectivity index (χ3v) is 4.44. The molecule has 1 fully saturated rings. The zero-order chi connectivity index (χ0) is 17.7. The van der Waals surface area contributed by atoms with Crippen LogP contribution in [0.5, 0.6) is 0 Å². The van der Waals surface area contributed by atoms with Crippen LogP contribution in [0.2, 0.25) is 5.02 Å². The highest BCUT2D eigenvalue weighted by Gasteiger charge is 2.28. The maximum atomic E-state index is 12.6. The molecular weight excluding hydrogens is 334 g/mol. The van der Waals surface area contributed by atoms with Gasteiger partial charge in [-0.25, -0.2) is 0 Å². The first-order valence-corrected chi connectivity index (χ1v) is 8.15. The lowest BCUT2D eigenvalue weighted by Crippen LogP contribution is -2.43. The van der Waals surface area contributed by atoms with Crippen molar-refractivity contribution in [3.63, 3.8) is 0 Å². The van der Waals surface area contributed by atoms with Crippen molar-refractivity contribution in [2.45, 2.75) is 32.2 Å². The van der Waals surface area contributed by atoms with Crippen molar-refractivity contribution in [3.8, 4) is 0 Å². The van der Waals surface area contributed by atoms with Crippen LogP contribution in [0.4, 0.5) is 0 Å². The molecule has 7 nitrogen and oxygen atoms in total. The van der Waals surface area contributed by atoms with Crippen LogP contribution in [0.1, 0.15) is 36.5 Å². The number of nitrogens with zero attached hydrogens (tertiary/aromatic N) is 3. The first-order chi connectivity index (χ1) is 11.4. The summed E-state index contributed by atoms with van der Waals surface area (Å²) < 4.78 is 0. The lowest BCUT2D eigenvalue weighted by atomic mass is 10.1. The van der Waals surface area contributed by atoms with Crippen molar-refractivity contribution in [1.29, 1.82) is 0 Å². The fourth-order valence-corrected chi connectivity index (χ4v) is 3.16. The van der Waals surface area contributed by atoms with Gasteiger partial charge in [-0.15, -0.1) is 0 Å². The number of rotatable bonds is 4. The van der Waals surface area contributed by atoms with E-state index in [1.807, 2.05) is 0 Å². The summed E-state index contributed by atoms with van der Waals surface area (Å²) in [5.74, 6) is -1.47. The Morgan fingerprint density at radius 3 is 2.75 bits per heavy atom. The van der Waals surface area contributed by atoms with E-state index < -0.39 is 5.97 Å². The van der Waals surface area contributed by atoms with Crippen LogP contribution < -0.4 is 0 Å². The second kappa shape index (κ2) is 8.10. The fraction of sp³-hybridized carbons (Fsp3) is 0.500. The Bertz CT molecular complexity index is 638. The molecule has 1 saturated heterocycles. The van der Waals surface area contributed by atoms with Crippen molar-refractivity contribution in [3.05, 3.63) is 29.0 Å². The molecule has 1 aromatic rings. The summed E-state index contributed by atoms with van der Waals surface area (Å²) in [5.41, 5.74) is 0.402. The van der Waals surface area contributed by atoms with Crippen molar-refractivity contribution in [2.75, 3.05) is 19.6 Å². The van der Waals surface area contributed by atoms with E-state index >= 15 is 0 Å². The Morgan fingerprint density at radius 2 is 2.12 bits per heavy atom. The van der Waals surface area contributed by atoms with Crippen LogP contribution >= 0.6 is 11.6 Å². The molecule has 2 amide bonds. The summed E-state index contributed by atoms with van der Waals surface area (Å²) in [5, 5.41) is 9.28. The first-order valence-electron chi connectivity index (χ1n) is 7.78. The molecule has 1 unspecified atom stereocenters. The molecule has 1 atom stereocenters. The van der Waals surface area contributed by atoms with Gasteiger partial charge in [0.1, 0.15) is 6.54 Å². The quantitative estimate of drug-likeness (QED) is 0.889. The number of aliphatic carboxylic acids is 1. The predicted octanol–water partition coefficient (Wildman–Crippen LogP) is 1.66. The van der Waals surface area contributed by atoms with E-state index in [1.165, 1.54) is 24.2 Å². The summed E-state index contributed by atoms with van der Waals surface area (Å²) in [6.07, 6.45) is 4.86. The van der Waals surface area contributed by atoms with E-state index in [2.05, 4.69) is 4.98 Å².